The van der Waals surface area contributed by atoms with E-state index in [-0.39, 0.29) is 12.6 Å². The van der Waals surface area contributed by atoms with Gasteiger partial charge in [0, 0.05) is 19.7 Å². The summed E-state index contributed by atoms with van der Waals surface area (Å²) in [5.41, 5.74) is 0. The lowest BCUT2D eigenvalue weighted by Gasteiger charge is -2.16. The second-order valence-corrected chi connectivity index (χ2v) is 2.98. The summed E-state index contributed by atoms with van der Waals surface area (Å²) in [6, 6.07) is 0.205. The Morgan fingerprint density at radius 3 is 2.79 bits per heavy atom. The zero-order chi connectivity index (χ0) is 10.8. The molecule has 0 saturated carbocycles. The van der Waals surface area contributed by atoms with Crippen molar-refractivity contribution in [2.24, 2.45) is 4.99 Å². The first-order valence-corrected chi connectivity index (χ1v) is 4.89. The van der Waals surface area contributed by atoms with Gasteiger partial charge in [-0.25, -0.2) is 0 Å². The van der Waals surface area contributed by atoms with Crippen molar-refractivity contribution in [2.75, 3.05) is 33.4 Å². The van der Waals surface area contributed by atoms with Gasteiger partial charge in [0.05, 0.1) is 19.8 Å². The summed E-state index contributed by atoms with van der Waals surface area (Å²) in [6.45, 7) is 5.91. The fourth-order valence-electron chi connectivity index (χ4n) is 1.01. The molecule has 5 heteroatoms. The van der Waals surface area contributed by atoms with Crippen molar-refractivity contribution < 1.29 is 9.84 Å². The Morgan fingerprint density at radius 1 is 1.57 bits per heavy atom. The molecule has 0 saturated heterocycles. The minimum absolute atomic E-state index is 0.0647. The number of methoxy groups -OCH3 is 1. The molecule has 5 nitrogen and oxygen atoms in total. The first-order valence-electron chi connectivity index (χ1n) is 4.89. The lowest BCUT2D eigenvalue weighted by atomic mass is 10.4. The average Bonchev–Trinajstić information content (AvgIpc) is 2.15. The molecule has 0 radical (unpaired) electrons. The number of hydrogen-bond donors (Lipinski definition) is 3. The van der Waals surface area contributed by atoms with Gasteiger partial charge in [-0.2, -0.15) is 0 Å². The number of aliphatic hydroxyl groups excluding tert-OH is 1. The van der Waals surface area contributed by atoms with Gasteiger partial charge in [-0.15, -0.1) is 0 Å². The predicted octanol–water partition coefficient (Wildman–Crippen LogP) is -0.431. The lowest BCUT2D eigenvalue weighted by Crippen LogP contribution is -2.44. The number of hydrogen-bond acceptors (Lipinski definition) is 3. The van der Waals surface area contributed by atoms with Crippen molar-refractivity contribution in [3.05, 3.63) is 0 Å². The number of guanidine groups is 1. The molecule has 0 aromatic rings. The highest BCUT2D eigenvalue weighted by Crippen LogP contribution is 1.83. The standard InChI is InChI=1S/C9H21N3O2/c1-4-10-9(11-5-6-13)12-8(2)7-14-3/h8,13H,4-7H2,1-3H3,(H2,10,11,12). The van der Waals surface area contributed by atoms with Crippen LogP contribution in [0.3, 0.4) is 0 Å². The van der Waals surface area contributed by atoms with E-state index in [0.717, 1.165) is 6.54 Å². The average molecular weight is 203 g/mol. The number of aliphatic imine (C=N–C) groups is 1. The number of nitrogens with zero attached hydrogens (tertiary/aromatic N) is 1. The zero-order valence-corrected chi connectivity index (χ0v) is 9.21. The molecule has 0 spiro atoms. The molecular weight excluding hydrogens is 182 g/mol. The molecule has 0 aliphatic heterocycles. The van der Waals surface area contributed by atoms with E-state index < -0.39 is 0 Å². The molecule has 0 aliphatic rings. The van der Waals surface area contributed by atoms with E-state index in [4.69, 9.17) is 9.84 Å². The predicted molar refractivity (Wildman–Crippen MR) is 57.5 cm³/mol. The van der Waals surface area contributed by atoms with Gasteiger partial charge in [-0.3, -0.25) is 4.99 Å². The maximum atomic E-state index is 8.63. The van der Waals surface area contributed by atoms with Crippen molar-refractivity contribution in [3.8, 4) is 0 Å². The van der Waals surface area contributed by atoms with Gasteiger partial charge < -0.3 is 20.5 Å². The third-order valence-corrected chi connectivity index (χ3v) is 1.51. The number of ether oxygens (including phenoxy) is 1. The van der Waals surface area contributed by atoms with Gasteiger partial charge in [-0.05, 0) is 13.8 Å². The minimum atomic E-state index is 0.0647. The van der Waals surface area contributed by atoms with Crippen LogP contribution in [0.2, 0.25) is 0 Å². The van der Waals surface area contributed by atoms with Crippen molar-refractivity contribution in [1.82, 2.24) is 10.6 Å². The Hall–Kier alpha value is -0.810. The second-order valence-electron chi connectivity index (χ2n) is 2.98. The number of nitrogens with one attached hydrogen (secondary N) is 2. The molecule has 1 atom stereocenters. The van der Waals surface area contributed by atoms with Crippen LogP contribution in [0.1, 0.15) is 13.8 Å². The van der Waals surface area contributed by atoms with Gasteiger partial charge in [0.1, 0.15) is 0 Å². The molecule has 84 valence electrons. The number of aliphatic hydroxyl groups is 1. The van der Waals surface area contributed by atoms with E-state index >= 15 is 0 Å². The molecule has 0 aromatic heterocycles. The van der Waals surface area contributed by atoms with E-state index in [1.807, 2.05) is 13.8 Å². The van der Waals surface area contributed by atoms with Crippen LogP contribution in [0.4, 0.5) is 0 Å². The van der Waals surface area contributed by atoms with Crippen LogP contribution in [-0.2, 0) is 4.74 Å². The van der Waals surface area contributed by atoms with Crippen LogP contribution in [0.25, 0.3) is 0 Å². The molecule has 0 rings (SSSR count). The molecule has 0 bridgehead atoms. The van der Waals surface area contributed by atoms with E-state index in [0.29, 0.717) is 19.1 Å². The van der Waals surface area contributed by atoms with Crippen molar-refractivity contribution in [2.45, 2.75) is 19.9 Å². The van der Waals surface area contributed by atoms with Crippen LogP contribution in [0, 0.1) is 0 Å². The summed E-state index contributed by atoms with van der Waals surface area (Å²) in [5.74, 6) is 0.714. The van der Waals surface area contributed by atoms with E-state index in [2.05, 4.69) is 15.6 Å². The van der Waals surface area contributed by atoms with Crippen LogP contribution >= 0.6 is 0 Å². The van der Waals surface area contributed by atoms with Gasteiger partial charge in [-0.1, -0.05) is 0 Å². The molecule has 0 amide bonds. The Morgan fingerprint density at radius 2 is 2.29 bits per heavy atom. The van der Waals surface area contributed by atoms with Gasteiger partial charge in [0.2, 0.25) is 0 Å². The molecule has 0 aliphatic carbocycles. The molecule has 0 heterocycles. The molecule has 14 heavy (non-hydrogen) atoms. The monoisotopic (exact) mass is 203 g/mol. The molecule has 0 fully saturated rings. The fourth-order valence-corrected chi connectivity index (χ4v) is 1.01. The first kappa shape index (κ1) is 13.2. The highest BCUT2D eigenvalue weighted by molar-refractivity contribution is 5.80. The maximum Gasteiger partial charge on any atom is 0.191 e. The van der Waals surface area contributed by atoms with Crippen molar-refractivity contribution in [3.63, 3.8) is 0 Å². The summed E-state index contributed by atoms with van der Waals surface area (Å²) >= 11 is 0. The van der Waals surface area contributed by atoms with Gasteiger partial charge in [0.25, 0.3) is 0 Å². The van der Waals surface area contributed by atoms with E-state index in [1.165, 1.54) is 0 Å². The summed E-state index contributed by atoms with van der Waals surface area (Å²) in [6.07, 6.45) is 0. The second kappa shape index (κ2) is 8.77. The van der Waals surface area contributed by atoms with E-state index in [1.54, 1.807) is 7.11 Å². The largest absolute Gasteiger partial charge is 0.394 e. The quantitative estimate of drug-likeness (QED) is 0.405. The Kier molecular flexibility index (Phi) is 8.27. The Labute approximate surface area is 85.6 Å². The fraction of sp³-hybridized carbons (Fsp3) is 0.889. The SMILES string of the molecule is CCNC(=NCCO)NC(C)COC. The Bertz CT molecular complexity index is 162. The first-order chi connectivity index (χ1) is 6.74. The third kappa shape index (κ3) is 6.68. The summed E-state index contributed by atoms with van der Waals surface area (Å²) in [7, 11) is 1.66. The highest BCUT2D eigenvalue weighted by Gasteiger charge is 2.03. The van der Waals surface area contributed by atoms with Crippen molar-refractivity contribution >= 4 is 5.96 Å². The summed E-state index contributed by atoms with van der Waals surface area (Å²) in [5, 5.41) is 14.9. The zero-order valence-electron chi connectivity index (χ0n) is 9.21. The molecule has 1 unspecified atom stereocenters. The smallest absolute Gasteiger partial charge is 0.191 e. The normalized spacial score (nSPS) is 13.9. The van der Waals surface area contributed by atoms with Crippen LogP contribution < -0.4 is 10.6 Å². The molecule has 3 N–H and O–H groups in total. The van der Waals surface area contributed by atoms with Crippen molar-refractivity contribution in [1.29, 1.82) is 0 Å². The Balaban J connectivity index is 3.94. The molecule has 0 aromatic carbocycles. The van der Waals surface area contributed by atoms with Crippen LogP contribution in [-0.4, -0.2) is 50.5 Å². The van der Waals surface area contributed by atoms with Crippen LogP contribution in [0.15, 0.2) is 4.99 Å². The summed E-state index contributed by atoms with van der Waals surface area (Å²) in [4.78, 5) is 4.14. The van der Waals surface area contributed by atoms with Gasteiger partial charge in [0.15, 0.2) is 5.96 Å². The molecular formula is C9H21N3O2. The van der Waals surface area contributed by atoms with Crippen LogP contribution in [0.5, 0.6) is 0 Å². The lowest BCUT2D eigenvalue weighted by molar-refractivity contribution is 0.179. The number of rotatable bonds is 6. The maximum absolute atomic E-state index is 8.63. The van der Waals surface area contributed by atoms with Gasteiger partial charge >= 0.3 is 0 Å². The topological polar surface area (TPSA) is 65.9 Å². The van der Waals surface area contributed by atoms with E-state index in [9.17, 15) is 0 Å². The highest BCUT2D eigenvalue weighted by atomic mass is 16.5. The third-order valence-electron chi connectivity index (χ3n) is 1.51. The minimum Gasteiger partial charge on any atom is -0.394 e. The summed E-state index contributed by atoms with van der Waals surface area (Å²) < 4.78 is 4.99.